The molecule has 0 unspecified atom stereocenters. The second-order valence-corrected chi connectivity index (χ2v) is 6.09. The van der Waals surface area contributed by atoms with Crippen molar-refractivity contribution in [1.82, 2.24) is 5.32 Å². The summed E-state index contributed by atoms with van der Waals surface area (Å²) < 4.78 is 4.88. The lowest BCUT2D eigenvalue weighted by Gasteiger charge is -2.38. The van der Waals surface area contributed by atoms with E-state index in [4.69, 9.17) is 4.74 Å². The van der Waals surface area contributed by atoms with Gasteiger partial charge in [-0.3, -0.25) is 9.79 Å². The van der Waals surface area contributed by atoms with Crippen molar-refractivity contribution in [3.05, 3.63) is 0 Å². The predicted molar refractivity (Wildman–Crippen MR) is 74.9 cm³/mol. The molecule has 0 radical (unpaired) electrons. The molecule has 0 atom stereocenters. The van der Waals surface area contributed by atoms with E-state index < -0.39 is 0 Å². The minimum absolute atomic E-state index is 0.209. The van der Waals surface area contributed by atoms with Crippen LogP contribution in [-0.4, -0.2) is 36.6 Å². The third-order valence-corrected chi connectivity index (χ3v) is 4.98. The van der Waals surface area contributed by atoms with E-state index in [0.29, 0.717) is 12.0 Å². The van der Waals surface area contributed by atoms with E-state index in [9.17, 15) is 4.79 Å². The standard InChI is InChI=1S/C13H22N2O2S/c1-2-17-11(16)8-14-12-15-9-13(10-18-12)6-4-3-5-7-13/h2-10H2,1H3,(H,14,15). The number of hydrogen-bond donors (Lipinski definition) is 1. The lowest BCUT2D eigenvalue weighted by atomic mass is 9.75. The summed E-state index contributed by atoms with van der Waals surface area (Å²) in [6.07, 6.45) is 6.71. The first kappa shape index (κ1) is 13.7. The Morgan fingerprint density at radius 2 is 2.22 bits per heavy atom. The topological polar surface area (TPSA) is 50.7 Å². The molecule has 0 aromatic heterocycles. The minimum Gasteiger partial charge on any atom is -0.465 e. The van der Waals surface area contributed by atoms with Crippen LogP contribution in [0.5, 0.6) is 0 Å². The van der Waals surface area contributed by atoms with Gasteiger partial charge in [-0.25, -0.2) is 0 Å². The number of rotatable bonds is 3. The van der Waals surface area contributed by atoms with Crippen molar-refractivity contribution in [1.29, 1.82) is 0 Å². The first-order valence-electron chi connectivity index (χ1n) is 6.81. The van der Waals surface area contributed by atoms with Gasteiger partial charge in [0.15, 0.2) is 5.17 Å². The van der Waals surface area contributed by atoms with Gasteiger partial charge in [0, 0.05) is 12.3 Å². The minimum atomic E-state index is -0.209. The Morgan fingerprint density at radius 1 is 1.44 bits per heavy atom. The molecule has 4 nitrogen and oxygen atoms in total. The maximum atomic E-state index is 11.2. The molecule has 5 heteroatoms. The van der Waals surface area contributed by atoms with E-state index in [0.717, 1.165) is 17.5 Å². The van der Waals surface area contributed by atoms with Crippen LogP contribution in [0.4, 0.5) is 0 Å². The first-order chi connectivity index (χ1) is 8.74. The molecule has 1 aliphatic heterocycles. The van der Waals surface area contributed by atoms with Crippen molar-refractivity contribution in [3.8, 4) is 0 Å². The number of carbonyl (C=O) groups is 1. The normalized spacial score (nSPS) is 22.4. The van der Waals surface area contributed by atoms with Crippen LogP contribution in [0, 0.1) is 5.41 Å². The monoisotopic (exact) mass is 270 g/mol. The number of aliphatic imine (C=N–C) groups is 1. The third-order valence-electron chi connectivity index (χ3n) is 3.68. The molecule has 1 spiro atoms. The van der Waals surface area contributed by atoms with E-state index in [1.807, 2.05) is 6.92 Å². The summed E-state index contributed by atoms with van der Waals surface area (Å²) in [6.45, 7) is 3.40. The third kappa shape index (κ3) is 3.64. The second kappa shape index (κ2) is 6.45. The number of carbonyl (C=O) groups excluding carboxylic acids is 1. The molecular weight excluding hydrogens is 248 g/mol. The molecule has 0 amide bonds. The first-order valence-corrected chi connectivity index (χ1v) is 7.79. The molecule has 1 N–H and O–H groups in total. The van der Waals surface area contributed by atoms with Gasteiger partial charge in [0.25, 0.3) is 0 Å². The Labute approximate surface area is 113 Å². The Bertz CT molecular complexity index is 325. The zero-order valence-corrected chi connectivity index (χ0v) is 11.9. The van der Waals surface area contributed by atoms with Crippen LogP contribution in [0.2, 0.25) is 0 Å². The Hall–Kier alpha value is -0.710. The zero-order chi connectivity index (χ0) is 12.8. The van der Waals surface area contributed by atoms with Crippen molar-refractivity contribution in [2.45, 2.75) is 39.0 Å². The SMILES string of the molecule is CCOC(=O)CNC1=NCC2(CCCCC2)CS1. The lowest BCUT2D eigenvalue weighted by molar-refractivity contribution is -0.141. The number of hydrogen-bond acceptors (Lipinski definition) is 5. The summed E-state index contributed by atoms with van der Waals surface area (Å²) in [5, 5.41) is 3.97. The highest BCUT2D eigenvalue weighted by molar-refractivity contribution is 8.13. The molecular formula is C13H22N2O2S. The van der Waals surface area contributed by atoms with Crippen molar-refractivity contribution in [2.75, 3.05) is 25.4 Å². The highest BCUT2D eigenvalue weighted by Gasteiger charge is 2.34. The van der Waals surface area contributed by atoms with E-state index in [-0.39, 0.29) is 12.5 Å². The number of nitrogens with one attached hydrogen (secondary N) is 1. The molecule has 1 heterocycles. The van der Waals surface area contributed by atoms with Crippen LogP contribution in [0.25, 0.3) is 0 Å². The molecule has 18 heavy (non-hydrogen) atoms. The van der Waals surface area contributed by atoms with Crippen LogP contribution in [0.1, 0.15) is 39.0 Å². The zero-order valence-electron chi connectivity index (χ0n) is 11.0. The summed E-state index contributed by atoms with van der Waals surface area (Å²) >= 11 is 1.76. The molecule has 0 aromatic carbocycles. The van der Waals surface area contributed by atoms with E-state index >= 15 is 0 Å². The van der Waals surface area contributed by atoms with Gasteiger partial charge >= 0.3 is 5.97 Å². The molecule has 0 bridgehead atoms. The fourth-order valence-electron chi connectivity index (χ4n) is 2.62. The molecule has 1 fully saturated rings. The molecule has 2 aliphatic rings. The van der Waals surface area contributed by atoms with E-state index in [2.05, 4.69) is 10.3 Å². The van der Waals surface area contributed by atoms with Gasteiger partial charge in [0.2, 0.25) is 0 Å². The predicted octanol–water partition coefficient (Wildman–Crippen LogP) is 2.19. The number of amidine groups is 1. The molecule has 2 rings (SSSR count). The summed E-state index contributed by atoms with van der Waals surface area (Å²) in [6, 6.07) is 0. The fraction of sp³-hybridized carbons (Fsp3) is 0.846. The highest BCUT2D eigenvalue weighted by atomic mass is 32.2. The highest BCUT2D eigenvalue weighted by Crippen LogP contribution is 2.41. The van der Waals surface area contributed by atoms with Gasteiger partial charge in [-0.1, -0.05) is 31.0 Å². The van der Waals surface area contributed by atoms with Crippen molar-refractivity contribution in [2.24, 2.45) is 10.4 Å². The Balaban J connectivity index is 1.77. The quantitative estimate of drug-likeness (QED) is 0.799. The Kier molecular flexibility index (Phi) is 4.92. The lowest BCUT2D eigenvalue weighted by Crippen LogP contribution is -2.38. The van der Waals surface area contributed by atoms with Crippen LogP contribution >= 0.6 is 11.8 Å². The van der Waals surface area contributed by atoms with Crippen LogP contribution in [0.3, 0.4) is 0 Å². The Morgan fingerprint density at radius 3 is 2.83 bits per heavy atom. The van der Waals surface area contributed by atoms with Gasteiger partial charge in [0.1, 0.15) is 6.54 Å². The van der Waals surface area contributed by atoms with Gasteiger partial charge < -0.3 is 10.1 Å². The maximum absolute atomic E-state index is 11.2. The average Bonchev–Trinajstić information content (AvgIpc) is 2.40. The number of esters is 1. The molecule has 0 aromatic rings. The average molecular weight is 270 g/mol. The molecule has 1 aliphatic carbocycles. The summed E-state index contributed by atoms with van der Waals surface area (Å²) in [5.74, 6) is 0.931. The second-order valence-electron chi connectivity index (χ2n) is 5.13. The van der Waals surface area contributed by atoms with Crippen LogP contribution < -0.4 is 5.32 Å². The van der Waals surface area contributed by atoms with Crippen LogP contribution in [0.15, 0.2) is 4.99 Å². The van der Waals surface area contributed by atoms with E-state index in [1.165, 1.54) is 32.1 Å². The van der Waals surface area contributed by atoms with Crippen molar-refractivity contribution < 1.29 is 9.53 Å². The fourth-order valence-corrected chi connectivity index (χ4v) is 3.78. The van der Waals surface area contributed by atoms with Gasteiger partial charge in [0.05, 0.1) is 6.61 Å². The summed E-state index contributed by atoms with van der Waals surface area (Å²) in [5.41, 5.74) is 0.442. The van der Waals surface area contributed by atoms with Gasteiger partial charge in [-0.2, -0.15) is 0 Å². The van der Waals surface area contributed by atoms with Crippen LogP contribution in [-0.2, 0) is 9.53 Å². The molecule has 102 valence electrons. The molecule has 1 saturated carbocycles. The van der Waals surface area contributed by atoms with Crippen molar-refractivity contribution >= 4 is 22.9 Å². The van der Waals surface area contributed by atoms with Gasteiger partial charge in [-0.15, -0.1) is 0 Å². The molecule has 0 saturated heterocycles. The largest absolute Gasteiger partial charge is 0.465 e. The smallest absolute Gasteiger partial charge is 0.325 e. The number of ether oxygens (including phenoxy) is 1. The van der Waals surface area contributed by atoms with Crippen molar-refractivity contribution in [3.63, 3.8) is 0 Å². The maximum Gasteiger partial charge on any atom is 0.325 e. The summed E-state index contributed by atoms with van der Waals surface area (Å²) in [4.78, 5) is 15.8. The van der Waals surface area contributed by atoms with E-state index in [1.54, 1.807) is 11.8 Å². The number of nitrogens with zero attached hydrogens (tertiary/aromatic N) is 1. The number of thioether (sulfide) groups is 1. The summed E-state index contributed by atoms with van der Waals surface area (Å²) in [7, 11) is 0. The van der Waals surface area contributed by atoms with Gasteiger partial charge in [-0.05, 0) is 25.2 Å².